The van der Waals surface area contributed by atoms with Crippen LogP contribution in [0.4, 0.5) is 0 Å². The van der Waals surface area contributed by atoms with Crippen LogP contribution in [0.15, 0.2) is 18.2 Å². The van der Waals surface area contributed by atoms with E-state index in [4.69, 9.17) is 4.98 Å². The lowest BCUT2D eigenvalue weighted by atomic mass is 9.97. The first-order valence-electron chi connectivity index (χ1n) is 8.88. The number of nitrogens with zero attached hydrogens (tertiary/aromatic N) is 2. The molecule has 0 bridgehead atoms. The van der Waals surface area contributed by atoms with Gasteiger partial charge in [0.25, 0.3) is 0 Å². The molecule has 1 N–H and O–H groups in total. The average molecular weight is 299 g/mol. The Balaban J connectivity index is 2.00. The van der Waals surface area contributed by atoms with Crippen LogP contribution in [0.1, 0.15) is 57.3 Å². The van der Waals surface area contributed by atoms with Gasteiger partial charge in [0, 0.05) is 12.5 Å². The first-order chi connectivity index (χ1) is 10.7. The molecule has 0 aliphatic carbocycles. The summed E-state index contributed by atoms with van der Waals surface area (Å²) >= 11 is 0. The molecule has 22 heavy (non-hydrogen) atoms. The second-order valence-electron chi connectivity index (χ2n) is 7.01. The highest BCUT2D eigenvalue weighted by Crippen LogP contribution is 2.29. The molecule has 2 aromatic rings. The van der Waals surface area contributed by atoms with E-state index >= 15 is 0 Å². The van der Waals surface area contributed by atoms with E-state index in [0.717, 1.165) is 32.0 Å². The molecule has 120 valence electrons. The molecule has 3 heteroatoms. The summed E-state index contributed by atoms with van der Waals surface area (Å²) in [7, 11) is 0. The molecule has 1 aliphatic rings. The van der Waals surface area contributed by atoms with Gasteiger partial charge in [0.15, 0.2) is 0 Å². The summed E-state index contributed by atoms with van der Waals surface area (Å²) < 4.78 is 2.50. The SMILES string of the molecule is CCc1ccc2c(c1)nc(C1CCNCC1)n2CCC(C)C. The van der Waals surface area contributed by atoms with Crippen LogP contribution in [-0.2, 0) is 13.0 Å². The summed E-state index contributed by atoms with van der Waals surface area (Å²) in [5, 5.41) is 3.47. The second-order valence-corrected chi connectivity index (χ2v) is 7.01. The van der Waals surface area contributed by atoms with Crippen LogP contribution < -0.4 is 5.32 Å². The predicted octanol–water partition coefficient (Wildman–Crippen LogP) is 4.11. The molecule has 0 unspecified atom stereocenters. The number of fused-ring (bicyclic) bond motifs is 1. The molecule has 1 aromatic carbocycles. The molecule has 0 amide bonds. The molecule has 1 fully saturated rings. The molecule has 0 atom stereocenters. The largest absolute Gasteiger partial charge is 0.328 e. The number of aryl methyl sites for hydroxylation is 2. The van der Waals surface area contributed by atoms with Crippen LogP contribution in [0.25, 0.3) is 11.0 Å². The summed E-state index contributed by atoms with van der Waals surface area (Å²) in [6.07, 6.45) is 4.73. The zero-order valence-electron chi connectivity index (χ0n) is 14.2. The molecular weight excluding hydrogens is 270 g/mol. The zero-order chi connectivity index (χ0) is 15.5. The number of aromatic nitrogens is 2. The molecule has 1 saturated heterocycles. The van der Waals surface area contributed by atoms with Crippen molar-refractivity contribution in [1.82, 2.24) is 14.9 Å². The molecule has 1 aromatic heterocycles. The molecular formula is C19H29N3. The first-order valence-corrected chi connectivity index (χ1v) is 8.88. The highest BCUT2D eigenvalue weighted by molar-refractivity contribution is 5.77. The normalized spacial score (nSPS) is 16.7. The lowest BCUT2D eigenvalue weighted by Gasteiger charge is -2.23. The number of rotatable bonds is 5. The van der Waals surface area contributed by atoms with Crippen molar-refractivity contribution in [2.45, 2.75) is 58.9 Å². The van der Waals surface area contributed by atoms with Crippen molar-refractivity contribution in [2.75, 3.05) is 13.1 Å². The fraction of sp³-hybridized carbons (Fsp3) is 0.632. The Morgan fingerprint density at radius 2 is 2.05 bits per heavy atom. The molecule has 0 radical (unpaired) electrons. The van der Waals surface area contributed by atoms with Crippen molar-refractivity contribution in [3.63, 3.8) is 0 Å². The molecule has 0 saturated carbocycles. The van der Waals surface area contributed by atoms with Crippen molar-refractivity contribution in [1.29, 1.82) is 0 Å². The van der Waals surface area contributed by atoms with Crippen LogP contribution in [0, 0.1) is 5.92 Å². The van der Waals surface area contributed by atoms with E-state index in [9.17, 15) is 0 Å². The number of piperidine rings is 1. The van der Waals surface area contributed by atoms with E-state index in [1.54, 1.807) is 0 Å². The van der Waals surface area contributed by atoms with Gasteiger partial charge < -0.3 is 9.88 Å². The van der Waals surface area contributed by atoms with Gasteiger partial charge in [0.2, 0.25) is 0 Å². The van der Waals surface area contributed by atoms with Crippen LogP contribution in [-0.4, -0.2) is 22.6 Å². The van der Waals surface area contributed by atoms with Crippen LogP contribution >= 0.6 is 0 Å². The third-order valence-corrected chi connectivity index (χ3v) is 4.88. The van der Waals surface area contributed by atoms with Gasteiger partial charge in [-0.1, -0.05) is 26.8 Å². The van der Waals surface area contributed by atoms with E-state index < -0.39 is 0 Å². The van der Waals surface area contributed by atoms with Crippen molar-refractivity contribution in [3.8, 4) is 0 Å². The Morgan fingerprint density at radius 1 is 1.27 bits per heavy atom. The first kappa shape index (κ1) is 15.5. The zero-order valence-corrected chi connectivity index (χ0v) is 14.2. The number of hydrogen-bond acceptors (Lipinski definition) is 2. The van der Waals surface area contributed by atoms with Gasteiger partial charge in [-0.3, -0.25) is 0 Å². The molecule has 3 rings (SSSR count). The summed E-state index contributed by atoms with van der Waals surface area (Å²) in [6.45, 7) is 10.2. The van der Waals surface area contributed by atoms with Crippen molar-refractivity contribution >= 4 is 11.0 Å². The Labute approximate surface area is 134 Å². The molecule has 3 nitrogen and oxygen atoms in total. The lowest BCUT2D eigenvalue weighted by Crippen LogP contribution is -2.28. The standard InChI is InChI=1S/C19H29N3/c1-4-15-5-6-18-17(13-15)21-19(16-7-10-20-11-8-16)22(18)12-9-14(2)3/h5-6,13-14,16,20H,4,7-12H2,1-3H3. The molecule has 0 spiro atoms. The Bertz CT molecular complexity index is 621. The number of imidazole rings is 1. The summed E-state index contributed by atoms with van der Waals surface area (Å²) in [6, 6.07) is 6.83. The van der Waals surface area contributed by atoms with Gasteiger partial charge in [-0.2, -0.15) is 0 Å². The minimum atomic E-state index is 0.617. The van der Waals surface area contributed by atoms with Crippen molar-refractivity contribution < 1.29 is 0 Å². The fourth-order valence-corrected chi connectivity index (χ4v) is 3.43. The maximum atomic E-state index is 5.06. The summed E-state index contributed by atoms with van der Waals surface area (Å²) in [5.74, 6) is 2.67. The van der Waals surface area contributed by atoms with E-state index in [2.05, 4.69) is 48.9 Å². The topological polar surface area (TPSA) is 29.9 Å². The van der Waals surface area contributed by atoms with E-state index in [0.29, 0.717) is 5.92 Å². The van der Waals surface area contributed by atoms with Crippen LogP contribution in [0.3, 0.4) is 0 Å². The quantitative estimate of drug-likeness (QED) is 0.900. The van der Waals surface area contributed by atoms with E-state index in [1.165, 1.54) is 41.7 Å². The predicted molar refractivity (Wildman–Crippen MR) is 93.4 cm³/mol. The third kappa shape index (κ3) is 3.19. The van der Waals surface area contributed by atoms with Crippen LogP contribution in [0.5, 0.6) is 0 Å². The maximum Gasteiger partial charge on any atom is 0.113 e. The molecule has 2 heterocycles. The minimum Gasteiger partial charge on any atom is -0.328 e. The minimum absolute atomic E-state index is 0.617. The van der Waals surface area contributed by atoms with Gasteiger partial charge in [0.05, 0.1) is 11.0 Å². The van der Waals surface area contributed by atoms with Gasteiger partial charge in [-0.25, -0.2) is 4.98 Å². The summed E-state index contributed by atoms with van der Waals surface area (Å²) in [4.78, 5) is 5.06. The average Bonchev–Trinajstić information content (AvgIpc) is 2.91. The highest BCUT2D eigenvalue weighted by atomic mass is 15.1. The van der Waals surface area contributed by atoms with Crippen molar-refractivity contribution in [3.05, 3.63) is 29.6 Å². The fourth-order valence-electron chi connectivity index (χ4n) is 3.43. The maximum absolute atomic E-state index is 5.06. The Kier molecular flexibility index (Phi) is 4.82. The van der Waals surface area contributed by atoms with Gasteiger partial charge >= 0.3 is 0 Å². The smallest absolute Gasteiger partial charge is 0.113 e. The van der Waals surface area contributed by atoms with Gasteiger partial charge in [0.1, 0.15) is 5.82 Å². The number of benzene rings is 1. The molecule has 1 aliphatic heterocycles. The number of hydrogen-bond donors (Lipinski definition) is 1. The van der Waals surface area contributed by atoms with Gasteiger partial charge in [-0.05, 0) is 62.4 Å². The Morgan fingerprint density at radius 3 is 2.73 bits per heavy atom. The van der Waals surface area contributed by atoms with E-state index in [-0.39, 0.29) is 0 Å². The van der Waals surface area contributed by atoms with Gasteiger partial charge in [-0.15, -0.1) is 0 Å². The van der Waals surface area contributed by atoms with E-state index in [1.807, 2.05) is 0 Å². The highest BCUT2D eigenvalue weighted by Gasteiger charge is 2.22. The summed E-state index contributed by atoms with van der Waals surface area (Å²) in [5.41, 5.74) is 3.90. The van der Waals surface area contributed by atoms with Crippen molar-refractivity contribution in [2.24, 2.45) is 5.92 Å². The number of nitrogens with one attached hydrogen (secondary N) is 1. The monoisotopic (exact) mass is 299 g/mol. The van der Waals surface area contributed by atoms with Crippen LogP contribution in [0.2, 0.25) is 0 Å². The lowest BCUT2D eigenvalue weighted by molar-refractivity contribution is 0.422. The Hall–Kier alpha value is -1.35. The third-order valence-electron chi connectivity index (χ3n) is 4.88. The second kappa shape index (κ2) is 6.82.